The maximum Gasteiger partial charge on any atom is 0.275 e. The van der Waals surface area contributed by atoms with Gasteiger partial charge in [0.05, 0.1) is 12.3 Å². The Morgan fingerprint density at radius 3 is 2.69 bits per heavy atom. The van der Waals surface area contributed by atoms with E-state index in [1.54, 1.807) is 25.1 Å². The van der Waals surface area contributed by atoms with Crippen molar-refractivity contribution in [1.82, 2.24) is 14.6 Å². The average Bonchev–Trinajstić information content (AvgIpc) is 3.24. The van der Waals surface area contributed by atoms with Gasteiger partial charge in [-0.1, -0.05) is 17.4 Å². The minimum Gasteiger partial charge on any atom is -0.490 e. The first-order valence-electron chi connectivity index (χ1n) is 10.8. The van der Waals surface area contributed by atoms with Crippen LogP contribution < -0.4 is 20.3 Å². The number of ether oxygens (including phenoxy) is 2. The smallest absolute Gasteiger partial charge is 0.275 e. The van der Waals surface area contributed by atoms with Gasteiger partial charge in [-0.25, -0.2) is 9.37 Å². The van der Waals surface area contributed by atoms with Crippen molar-refractivity contribution < 1.29 is 18.7 Å². The fraction of sp³-hybridized carbons (Fsp3) is 0.160. The van der Waals surface area contributed by atoms with Crippen LogP contribution in [-0.4, -0.2) is 27.1 Å². The van der Waals surface area contributed by atoms with Gasteiger partial charge in [-0.15, -0.1) is 0 Å². The number of hydrogen-bond donors (Lipinski definition) is 1. The number of hydrogen-bond acceptors (Lipinski definition) is 8. The van der Waals surface area contributed by atoms with Crippen LogP contribution in [0.5, 0.6) is 11.5 Å². The van der Waals surface area contributed by atoms with Gasteiger partial charge >= 0.3 is 0 Å². The molecule has 0 spiro atoms. The van der Waals surface area contributed by atoms with E-state index in [9.17, 15) is 19.2 Å². The molecule has 0 unspecified atom stereocenters. The zero-order valence-electron chi connectivity index (χ0n) is 19.3. The second-order valence-electron chi connectivity index (χ2n) is 7.46. The zero-order valence-corrected chi connectivity index (χ0v) is 20.1. The van der Waals surface area contributed by atoms with E-state index in [-0.39, 0.29) is 17.7 Å². The van der Waals surface area contributed by atoms with Crippen molar-refractivity contribution in [2.75, 3.05) is 11.9 Å². The first-order valence-corrected chi connectivity index (χ1v) is 11.6. The molecule has 0 aliphatic rings. The summed E-state index contributed by atoms with van der Waals surface area (Å²) in [6.45, 7) is 3.99. The van der Waals surface area contributed by atoms with E-state index in [4.69, 9.17) is 9.47 Å². The van der Waals surface area contributed by atoms with Gasteiger partial charge in [0.2, 0.25) is 4.96 Å². The van der Waals surface area contributed by atoms with Crippen molar-refractivity contribution in [3.05, 3.63) is 86.5 Å². The van der Waals surface area contributed by atoms with Crippen LogP contribution in [0.4, 0.5) is 10.1 Å². The molecule has 0 atom stereocenters. The molecule has 0 saturated heterocycles. The van der Waals surface area contributed by atoms with Gasteiger partial charge in [0.1, 0.15) is 29.1 Å². The van der Waals surface area contributed by atoms with Crippen molar-refractivity contribution in [3.63, 3.8) is 0 Å². The van der Waals surface area contributed by atoms with Gasteiger partial charge in [0, 0.05) is 11.8 Å². The summed E-state index contributed by atoms with van der Waals surface area (Å²) in [5.74, 6) is -0.259. The molecule has 0 aliphatic carbocycles. The molecule has 0 saturated carbocycles. The number of carbonyl (C=O) groups is 1. The number of halogens is 1. The fourth-order valence-corrected chi connectivity index (χ4v) is 3.99. The highest BCUT2D eigenvalue weighted by Crippen LogP contribution is 2.30. The second kappa shape index (κ2) is 10.8. The molecule has 36 heavy (non-hydrogen) atoms. The molecular formula is C25H20FN5O4S. The molecule has 2 aromatic carbocycles. The minimum atomic E-state index is -0.631. The van der Waals surface area contributed by atoms with Crippen LogP contribution in [0.2, 0.25) is 0 Å². The summed E-state index contributed by atoms with van der Waals surface area (Å²) < 4.78 is 25.9. The van der Waals surface area contributed by atoms with E-state index in [0.717, 1.165) is 5.01 Å². The molecule has 1 N–H and O–H groups in total. The number of aromatic nitrogens is 3. The van der Waals surface area contributed by atoms with Crippen molar-refractivity contribution in [1.29, 1.82) is 5.26 Å². The van der Waals surface area contributed by atoms with Crippen LogP contribution in [0.3, 0.4) is 0 Å². The number of nitrogens with zero attached hydrogens (tertiary/aromatic N) is 4. The Morgan fingerprint density at radius 2 is 1.97 bits per heavy atom. The first kappa shape index (κ1) is 24.6. The Bertz CT molecular complexity index is 1550. The molecule has 0 bridgehead atoms. The molecule has 1 amide bonds. The van der Waals surface area contributed by atoms with E-state index in [1.807, 2.05) is 13.0 Å². The second-order valence-corrected chi connectivity index (χ2v) is 8.62. The Balaban J connectivity index is 1.53. The molecule has 11 heteroatoms. The minimum absolute atomic E-state index is 0.0292. The number of amides is 1. The summed E-state index contributed by atoms with van der Waals surface area (Å²) in [4.78, 5) is 29.7. The summed E-state index contributed by atoms with van der Waals surface area (Å²) in [5, 5.41) is 16.9. The van der Waals surface area contributed by atoms with Crippen LogP contribution in [0.15, 0.2) is 58.9 Å². The predicted molar refractivity (Wildman–Crippen MR) is 132 cm³/mol. The number of anilines is 1. The Hall–Kier alpha value is -4.56. The third-order valence-electron chi connectivity index (χ3n) is 4.82. The zero-order chi connectivity index (χ0) is 25.7. The van der Waals surface area contributed by atoms with Crippen molar-refractivity contribution in [3.8, 4) is 17.6 Å². The van der Waals surface area contributed by atoms with Gasteiger partial charge in [-0.05, 0) is 61.9 Å². The highest BCUT2D eigenvalue weighted by atomic mass is 32.1. The lowest BCUT2D eigenvalue weighted by molar-refractivity contribution is -0.112. The highest BCUT2D eigenvalue weighted by Gasteiger charge is 2.13. The fourth-order valence-electron chi connectivity index (χ4n) is 3.23. The Morgan fingerprint density at radius 1 is 1.19 bits per heavy atom. The molecule has 0 radical (unpaired) electrons. The van der Waals surface area contributed by atoms with E-state index < -0.39 is 11.7 Å². The number of rotatable bonds is 8. The summed E-state index contributed by atoms with van der Waals surface area (Å²) in [5.41, 5.74) is 0.903. The molecule has 9 nitrogen and oxygen atoms in total. The van der Waals surface area contributed by atoms with E-state index in [2.05, 4.69) is 15.4 Å². The standard InChI is InChI=1S/C25H20FN5O4S/c1-3-34-22-11-16(10-17(13-27)24(33)28-19-7-5-18(26)6-8-19)4-9-21(22)35-14-20-12-23(32)31-25(29-20)36-15(2)30-31/h4-12H,3,14H2,1-2H3,(H,28,33)/b17-10+. The Labute approximate surface area is 209 Å². The van der Waals surface area contributed by atoms with Gasteiger partial charge in [-0.2, -0.15) is 14.9 Å². The summed E-state index contributed by atoms with van der Waals surface area (Å²) in [7, 11) is 0. The quantitative estimate of drug-likeness (QED) is 0.283. The van der Waals surface area contributed by atoms with Crippen LogP contribution in [0.25, 0.3) is 11.0 Å². The van der Waals surface area contributed by atoms with Gasteiger partial charge in [0.15, 0.2) is 11.5 Å². The third kappa shape index (κ3) is 5.73. The topological polar surface area (TPSA) is 119 Å². The van der Waals surface area contributed by atoms with E-state index in [1.165, 1.54) is 52.3 Å². The molecule has 0 aliphatic heterocycles. The molecule has 4 aromatic rings. The van der Waals surface area contributed by atoms with Gasteiger partial charge in [-0.3, -0.25) is 9.59 Å². The molecule has 2 aromatic heterocycles. The van der Waals surface area contributed by atoms with E-state index >= 15 is 0 Å². The number of aryl methyl sites for hydroxylation is 1. The van der Waals surface area contributed by atoms with E-state index in [0.29, 0.717) is 40.0 Å². The number of benzene rings is 2. The number of nitriles is 1. The largest absolute Gasteiger partial charge is 0.490 e. The molecule has 0 fully saturated rings. The van der Waals surface area contributed by atoms with Gasteiger partial charge in [0.25, 0.3) is 11.5 Å². The van der Waals surface area contributed by atoms with Crippen LogP contribution in [0.1, 0.15) is 23.2 Å². The van der Waals surface area contributed by atoms with Crippen molar-refractivity contribution in [2.45, 2.75) is 20.5 Å². The molecule has 4 rings (SSSR count). The SMILES string of the molecule is CCOc1cc(/C=C(\C#N)C(=O)Nc2ccc(F)cc2)ccc1OCc1cc(=O)n2nc(C)sc2n1. The maximum atomic E-state index is 13.1. The summed E-state index contributed by atoms with van der Waals surface area (Å²) in [6, 6.07) is 13.4. The maximum absolute atomic E-state index is 13.1. The number of fused-ring (bicyclic) bond motifs is 1. The normalized spacial score (nSPS) is 11.2. The number of carbonyl (C=O) groups excluding carboxylic acids is 1. The Kier molecular flexibility index (Phi) is 7.36. The number of nitrogens with one attached hydrogen (secondary N) is 1. The van der Waals surface area contributed by atoms with Crippen LogP contribution in [-0.2, 0) is 11.4 Å². The first-order chi connectivity index (χ1) is 17.4. The highest BCUT2D eigenvalue weighted by molar-refractivity contribution is 7.16. The van der Waals surface area contributed by atoms with Crippen LogP contribution >= 0.6 is 11.3 Å². The van der Waals surface area contributed by atoms with Crippen LogP contribution in [0, 0.1) is 24.1 Å². The third-order valence-corrected chi connectivity index (χ3v) is 5.64. The lowest BCUT2D eigenvalue weighted by Gasteiger charge is -2.12. The lowest BCUT2D eigenvalue weighted by Crippen LogP contribution is -2.16. The summed E-state index contributed by atoms with van der Waals surface area (Å²) >= 11 is 1.30. The molecular weight excluding hydrogens is 485 g/mol. The average molecular weight is 506 g/mol. The summed E-state index contributed by atoms with van der Waals surface area (Å²) in [6.07, 6.45) is 1.41. The molecule has 2 heterocycles. The van der Waals surface area contributed by atoms with Crippen molar-refractivity contribution >= 4 is 34.0 Å². The lowest BCUT2D eigenvalue weighted by atomic mass is 10.1. The van der Waals surface area contributed by atoms with Crippen molar-refractivity contribution in [2.24, 2.45) is 0 Å². The molecule has 182 valence electrons. The van der Waals surface area contributed by atoms with Gasteiger partial charge < -0.3 is 14.8 Å². The monoisotopic (exact) mass is 505 g/mol. The predicted octanol–water partition coefficient (Wildman–Crippen LogP) is 4.12.